The van der Waals surface area contributed by atoms with Crippen LogP contribution in [0.3, 0.4) is 0 Å². The molecule has 1 atom stereocenters. The van der Waals surface area contributed by atoms with Crippen molar-refractivity contribution in [1.29, 1.82) is 0 Å². The van der Waals surface area contributed by atoms with Crippen LogP contribution in [0.4, 0.5) is 0 Å². The molecular formula is C19H54N12P4S4. The molecule has 0 aromatic carbocycles. The Morgan fingerprint density at radius 3 is 1.54 bits per heavy atom. The molecule has 20 heteroatoms. The van der Waals surface area contributed by atoms with Crippen LogP contribution in [-0.4, -0.2) is 37.4 Å². The zero-order valence-electron chi connectivity index (χ0n) is 23.6. The summed E-state index contributed by atoms with van der Waals surface area (Å²) in [6, 6.07) is 1.02. The summed E-state index contributed by atoms with van der Waals surface area (Å²) in [7, 11) is 3.77. The van der Waals surface area contributed by atoms with E-state index in [2.05, 4.69) is 33.3 Å². The smallest absolute Gasteiger partial charge is 0.156 e. The SMILES string of the molecule is CCCN(C)P(N)(=S)NC.NP(N)(=S)NC1=CCCC1.NP(N)(=S)NC1CCC1.NP(N)(=S)NC1CCCC1. The van der Waals surface area contributed by atoms with E-state index < -0.39 is 26.0 Å². The van der Waals surface area contributed by atoms with E-state index in [0.717, 1.165) is 31.5 Å². The normalized spacial score (nSPS) is 19.8. The fourth-order valence-corrected chi connectivity index (χ4v) is 8.44. The van der Waals surface area contributed by atoms with Crippen LogP contribution in [0.1, 0.15) is 77.6 Å². The van der Waals surface area contributed by atoms with Crippen molar-refractivity contribution in [2.45, 2.75) is 89.6 Å². The Bertz CT molecular complexity index is 912. The summed E-state index contributed by atoms with van der Waals surface area (Å²) in [5, 5.41) is 12.1. The number of nitrogens with two attached hydrogens (primary N) is 7. The van der Waals surface area contributed by atoms with E-state index in [9.17, 15) is 0 Å². The number of allylic oxidation sites excluding steroid dienone is 2. The third-order valence-corrected chi connectivity index (χ3v) is 12.3. The summed E-state index contributed by atoms with van der Waals surface area (Å²) in [6.07, 6.45) is 15.2. The van der Waals surface area contributed by atoms with Crippen LogP contribution < -0.4 is 58.9 Å². The highest BCUT2D eigenvalue weighted by molar-refractivity contribution is 8.12. The largest absolute Gasteiger partial charge is 0.339 e. The van der Waals surface area contributed by atoms with Gasteiger partial charge in [-0.05, 0) is 113 Å². The predicted molar refractivity (Wildman–Crippen MR) is 190 cm³/mol. The molecule has 0 aliphatic heterocycles. The average molecular weight is 703 g/mol. The van der Waals surface area contributed by atoms with Gasteiger partial charge < -0.3 is 5.09 Å². The Kier molecular flexibility index (Phi) is 20.7. The van der Waals surface area contributed by atoms with Crippen LogP contribution in [0, 0.1) is 0 Å². The van der Waals surface area contributed by atoms with Crippen LogP contribution in [-0.2, 0) is 47.2 Å². The molecule has 0 heterocycles. The molecule has 0 radical (unpaired) electrons. The molecule has 0 amide bonds. The van der Waals surface area contributed by atoms with Crippen molar-refractivity contribution in [3.63, 3.8) is 0 Å². The minimum Gasteiger partial charge on any atom is -0.339 e. The molecule has 3 rings (SSSR count). The van der Waals surface area contributed by atoms with Gasteiger partial charge in [-0.3, -0.25) is 58.5 Å². The van der Waals surface area contributed by atoms with E-state index in [-0.39, 0.29) is 0 Å². The number of rotatable bonds is 10. The average Bonchev–Trinajstić information content (AvgIpc) is 3.44. The summed E-state index contributed by atoms with van der Waals surface area (Å²) in [5.41, 5.74) is 39.7. The van der Waals surface area contributed by atoms with Gasteiger partial charge in [0.05, 0.1) is 0 Å². The second-order valence-electron chi connectivity index (χ2n) is 9.96. The maximum Gasteiger partial charge on any atom is 0.156 e. The van der Waals surface area contributed by atoms with Crippen molar-refractivity contribution in [3.05, 3.63) is 11.8 Å². The molecule has 2 fully saturated rings. The first-order valence-corrected chi connectivity index (χ1v) is 24.8. The standard InChI is InChI=1S/C5H14N3PS.C5H12N3PS.C5H16N3PS.C4H12N3PS/c2*6-9(7,10)8-5-3-1-2-4-5;1-4-5-8(3)9(6,10)7-2;5-8(6,9)7-4-2-1-3-4/h5H,1-4H2,(H5,6,7,8,10);3H,1-2,4H2,(H5,6,7,8,10);4-5H2,1-3H3,(H3,6,7,10);4H,1-3H2,(H5,5,6,7,9). The summed E-state index contributed by atoms with van der Waals surface area (Å²) in [6.45, 7) is -5.22. The third-order valence-electron chi connectivity index (χ3n) is 5.96. The first-order chi connectivity index (χ1) is 17.8. The Hall–Kier alpha value is 1.70. The molecule has 18 N–H and O–H groups in total. The highest BCUT2D eigenvalue weighted by Crippen LogP contribution is 2.33. The van der Waals surface area contributed by atoms with Crippen molar-refractivity contribution in [2.75, 3.05) is 20.6 Å². The third kappa shape index (κ3) is 23.8. The second kappa shape index (κ2) is 19.9. The van der Waals surface area contributed by atoms with Gasteiger partial charge in [0.2, 0.25) is 0 Å². The van der Waals surface area contributed by atoms with Gasteiger partial charge in [0, 0.05) is 24.3 Å². The van der Waals surface area contributed by atoms with Gasteiger partial charge >= 0.3 is 0 Å². The van der Waals surface area contributed by atoms with Crippen molar-refractivity contribution in [3.8, 4) is 0 Å². The zero-order chi connectivity index (χ0) is 30.3. The number of hydrogen-bond acceptors (Lipinski definition) is 4. The number of hydrogen-bond donors (Lipinski definition) is 11. The lowest BCUT2D eigenvalue weighted by Crippen LogP contribution is -2.37. The molecule has 2 saturated carbocycles. The zero-order valence-corrected chi connectivity index (χ0v) is 30.5. The van der Waals surface area contributed by atoms with Gasteiger partial charge in [0.15, 0.2) is 6.49 Å². The first-order valence-electron chi connectivity index (χ1n) is 13.1. The Morgan fingerprint density at radius 1 is 0.795 bits per heavy atom. The molecule has 0 bridgehead atoms. The number of nitrogens with zero attached hydrogens (tertiary/aromatic N) is 1. The van der Waals surface area contributed by atoms with Gasteiger partial charge in [-0.15, -0.1) is 0 Å². The molecule has 0 saturated heterocycles. The quantitative estimate of drug-likeness (QED) is 0.147. The van der Waals surface area contributed by atoms with Crippen LogP contribution in [0.15, 0.2) is 11.8 Å². The van der Waals surface area contributed by atoms with E-state index in [4.69, 9.17) is 85.8 Å². The maximum atomic E-state index is 5.79. The molecule has 1 unspecified atom stereocenters. The van der Waals surface area contributed by atoms with Crippen molar-refractivity contribution in [2.24, 2.45) is 38.5 Å². The summed E-state index contributed by atoms with van der Waals surface area (Å²) in [4.78, 5) is 0. The second-order valence-corrected chi connectivity index (χ2v) is 24.4. The lowest BCUT2D eigenvalue weighted by atomic mass is 9.94. The number of nitrogens with one attached hydrogen (secondary N) is 4. The minimum absolute atomic E-state index is 0.501. The fraction of sp³-hybridized carbons (Fsp3) is 0.895. The van der Waals surface area contributed by atoms with Crippen LogP contribution >= 0.6 is 26.0 Å². The van der Waals surface area contributed by atoms with Crippen LogP contribution in [0.25, 0.3) is 0 Å². The predicted octanol–water partition coefficient (Wildman–Crippen LogP) is 2.45. The molecule has 234 valence electrons. The molecular weight excluding hydrogens is 648 g/mol. The van der Waals surface area contributed by atoms with Gasteiger partial charge in [-0.25, -0.2) is 0 Å². The summed E-state index contributed by atoms with van der Waals surface area (Å²) in [5.74, 6) is 0. The molecule has 39 heavy (non-hydrogen) atoms. The van der Waals surface area contributed by atoms with Crippen LogP contribution in [0.5, 0.6) is 0 Å². The van der Waals surface area contributed by atoms with E-state index in [1.807, 2.05) is 18.8 Å². The van der Waals surface area contributed by atoms with E-state index >= 15 is 0 Å². The first kappa shape index (κ1) is 40.7. The lowest BCUT2D eigenvalue weighted by Gasteiger charge is -2.29. The maximum absolute atomic E-state index is 5.79. The minimum atomic E-state index is -2.20. The van der Waals surface area contributed by atoms with Crippen molar-refractivity contribution < 1.29 is 0 Å². The van der Waals surface area contributed by atoms with Crippen molar-refractivity contribution >= 4 is 73.2 Å². The molecule has 3 aliphatic rings. The van der Waals surface area contributed by atoms with E-state index in [0.29, 0.717) is 12.1 Å². The Balaban J connectivity index is 0.000000494. The van der Waals surface area contributed by atoms with Gasteiger partial charge in [-0.1, -0.05) is 32.3 Å². The van der Waals surface area contributed by atoms with Crippen molar-refractivity contribution in [1.82, 2.24) is 25.0 Å². The van der Waals surface area contributed by atoms with Gasteiger partial charge in [0.25, 0.3) is 0 Å². The highest BCUT2D eigenvalue weighted by Gasteiger charge is 2.20. The molecule has 3 aliphatic carbocycles. The molecule has 0 spiro atoms. The molecule has 0 aromatic rings. The fourth-order valence-electron chi connectivity index (χ4n) is 3.80. The monoisotopic (exact) mass is 702 g/mol. The Labute approximate surface area is 257 Å². The van der Waals surface area contributed by atoms with E-state index in [1.165, 1.54) is 51.4 Å². The summed E-state index contributed by atoms with van der Waals surface area (Å²) >= 11 is 19.7. The van der Waals surface area contributed by atoms with Gasteiger partial charge in [-0.2, -0.15) is 0 Å². The molecule has 0 aromatic heterocycles. The topological polar surface area (TPSA) is 234 Å². The van der Waals surface area contributed by atoms with Gasteiger partial charge in [0.1, 0.15) is 19.5 Å². The lowest BCUT2D eigenvalue weighted by molar-refractivity contribution is 0.391. The van der Waals surface area contributed by atoms with Crippen LogP contribution in [0.2, 0.25) is 0 Å². The molecule has 12 nitrogen and oxygen atoms in total. The Morgan fingerprint density at radius 2 is 1.26 bits per heavy atom. The summed E-state index contributed by atoms with van der Waals surface area (Å²) < 4.78 is 2.02. The van der Waals surface area contributed by atoms with E-state index in [1.54, 1.807) is 0 Å². The highest BCUT2D eigenvalue weighted by atomic mass is 32.5.